The molecule has 34 heavy (non-hydrogen) atoms. The van der Waals surface area contributed by atoms with Crippen LogP contribution in [-0.4, -0.2) is 63.5 Å². The number of hydrogen-bond donors (Lipinski definition) is 5. The summed E-state index contributed by atoms with van der Waals surface area (Å²) in [5, 5.41) is 14.0. The number of carboxylic acids is 1. The minimum absolute atomic E-state index is 0.00968. The molecule has 0 saturated carbocycles. The van der Waals surface area contributed by atoms with Gasteiger partial charge in [-0.2, -0.15) is 8.42 Å². The van der Waals surface area contributed by atoms with Crippen molar-refractivity contribution < 1.29 is 32.5 Å². The third-order valence-corrected chi connectivity index (χ3v) is 7.83. The molecule has 1 fully saturated rings. The topological polar surface area (TPSA) is 176 Å². The lowest BCUT2D eigenvalue weighted by molar-refractivity contribution is -0.139. The maximum Gasteiger partial charge on any atom is 0.305 e. The molecule has 0 aromatic heterocycles. The number of aliphatic carboxylic acids is 1. The highest BCUT2D eigenvalue weighted by molar-refractivity contribution is 8.03. The minimum Gasteiger partial charge on any atom is -0.481 e. The first kappa shape index (κ1) is 29.9. The Morgan fingerprint density at radius 2 is 1.65 bits per heavy atom. The molecule has 1 aliphatic rings. The number of amides is 2. The fourth-order valence-corrected chi connectivity index (χ4v) is 6.76. The number of rotatable bonds is 7. The summed E-state index contributed by atoms with van der Waals surface area (Å²) >= 11 is 1.79. The molecule has 0 radical (unpaired) electrons. The molecule has 1 aliphatic heterocycles. The molecular formula is C22H35N3O7S2. The summed E-state index contributed by atoms with van der Waals surface area (Å²) in [5.41, 5.74) is 6.84. The number of carbonyl (C=O) groups excluding carboxylic acids is 2. The van der Waals surface area contributed by atoms with E-state index in [4.69, 9.17) is 15.4 Å². The molecule has 2 rings (SSSR count). The van der Waals surface area contributed by atoms with Gasteiger partial charge in [-0.25, -0.2) is 0 Å². The molecule has 2 amide bonds. The number of nitrogens with two attached hydrogens (primary N) is 1. The van der Waals surface area contributed by atoms with E-state index in [2.05, 4.69) is 38.3 Å². The molecule has 0 aliphatic carbocycles. The van der Waals surface area contributed by atoms with Gasteiger partial charge in [-0.15, -0.1) is 11.8 Å². The van der Waals surface area contributed by atoms with Crippen molar-refractivity contribution in [3.63, 3.8) is 0 Å². The molecule has 0 bridgehead atoms. The third-order valence-electron chi connectivity index (χ3n) is 5.31. The first-order valence-electron chi connectivity index (χ1n) is 10.6. The van der Waals surface area contributed by atoms with Gasteiger partial charge in [0, 0.05) is 9.49 Å². The van der Waals surface area contributed by atoms with Crippen LogP contribution in [-0.2, 0) is 24.5 Å². The van der Waals surface area contributed by atoms with Gasteiger partial charge in [0.1, 0.15) is 6.04 Å². The second-order valence-electron chi connectivity index (χ2n) is 9.43. The maximum atomic E-state index is 12.2. The Labute approximate surface area is 205 Å². The lowest BCUT2D eigenvalue weighted by Crippen LogP contribution is -2.68. The SMILES string of the molecule is C[C@@H](NC(=O)[C@@H](N)CC(=O)O)C(=O)NC1C(C)(C)SC1(C)C.Cc1ccc(C)c(S(=O)(=O)O)c1. The number of hydrogen-bond acceptors (Lipinski definition) is 7. The van der Waals surface area contributed by atoms with Crippen molar-refractivity contribution in [3.05, 3.63) is 29.3 Å². The first-order valence-corrected chi connectivity index (χ1v) is 12.9. The summed E-state index contributed by atoms with van der Waals surface area (Å²) in [7, 11) is -4.06. The van der Waals surface area contributed by atoms with Gasteiger partial charge in [-0.05, 0) is 65.7 Å². The Hall–Kier alpha value is -2.15. The summed E-state index contributed by atoms with van der Waals surface area (Å²) in [5.74, 6) is -2.11. The van der Waals surface area contributed by atoms with Crippen LogP contribution in [0.3, 0.4) is 0 Å². The zero-order chi connectivity index (χ0) is 26.6. The normalized spacial score (nSPS) is 18.4. The van der Waals surface area contributed by atoms with Gasteiger partial charge in [0.05, 0.1) is 23.4 Å². The number of nitrogens with one attached hydrogen (secondary N) is 2. The van der Waals surface area contributed by atoms with Crippen molar-refractivity contribution in [3.8, 4) is 0 Å². The lowest BCUT2D eigenvalue weighted by atomic mass is 9.89. The summed E-state index contributed by atoms with van der Waals surface area (Å²) in [6.07, 6.45) is -0.473. The molecule has 1 aromatic rings. The fourth-order valence-electron chi connectivity index (χ4n) is 3.84. The van der Waals surface area contributed by atoms with Gasteiger partial charge in [-0.1, -0.05) is 12.1 Å². The number of carboxylic acid groups (broad SMARTS) is 1. The number of aryl methyl sites for hydroxylation is 2. The minimum atomic E-state index is -4.06. The van der Waals surface area contributed by atoms with Crippen LogP contribution in [0.2, 0.25) is 0 Å². The van der Waals surface area contributed by atoms with Gasteiger partial charge in [0.15, 0.2) is 0 Å². The molecule has 6 N–H and O–H groups in total. The van der Waals surface area contributed by atoms with Crippen LogP contribution < -0.4 is 16.4 Å². The molecule has 0 spiro atoms. The Kier molecular flexibility index (Phi) is 9.72. The van der Waals surface area contributed by atoms with Crippen molar-refractivity contribution >= 4 is 39.7 Å². The van der Waals surface area contributed by atoms with Gasteiger partial charge < -0.3 is 21.5 Å². The first-order chi connectivity index (χ1) is 15.3. The van der Waals surface area contributed by atoms with Gasteiger partial charge in [0.2, 0.25) is 11.8 Å². The van der Waals surface area contributed by atoms with E-state index in [9.17, 15) is 22.8 Å². The smallest absolute Gasteiger partial charge is 0.305 e. The summed E-state index contributed by atoms with van der Waals surface area (Å²) in [6.45, 7) is 13.2. The number of carbonyl (C=O) groups is 3. The van der Waals surface area contributed by atoms with Gasteiger partial charge in [0.25, 0.3) is 10.1 Å². The van der Waals surface area contributed by atoms with Crippen molar-refractivity contribution in [1.29, 1.82) is 0 Å². The largest absolute Gasteiger partial charge is 0.481 e. The quantitative estimate of drug-likeness (QED) is 0.336. The Bertz CT molecular complexity index is 1020. The van der Waals surface area contributed by atoms with Gasteiger partial charge in [-0.3, -0.25) is 18.9 Å². The highest BCUT2D eigenvalue weighted by Crippen LogP contribution is 2.54. The van der Waals surface area contributed by atoms with E-state index in [1.165, 1.54) is 6.07 Å². The van der Waals surface area contributed by atoms with Crippen molar-refractivity contribution in [2.24, 2.45) is 5.73 Å². The Balaban J connectivity index is 0.000000404. The predicted octanol–water partition coefficient (Wildman–Crippen LogP) is 1.63. The highest BCUT2D eigenvalue weighted by Gasteiger charge is 2.54. The summed E-state index contributed by atoms with van der Waals surface area (Å²) < 4.78 is 30.2. The molecule has 1 saturated heterocycles. The third kappa shape index (κ3) is 8.26. The van der Waals surface area contributed by atoms with Crippen molar-refractivity contribution in [1.82, 2.24) is 10.6 Å². The summed E-state index contributed by atoms with van der Waals surface area (Å²) in [6, 6.07) is 2.96. The average Bonchev–Trinajstić information content (AvgIpc) is 2.65. The maximum absolute atomic E-state index is 12.2. The van der Waals surface area contributed by atoms with Crippen LogP contribution in [0.1, 0.15) is 52.2 Å². The second-order valence-corrected chi connectivity index (χ2v) is 13.1. The average molecular weight is 518 g/mol. The van der Waals surface area contributed by atoms with Crippen LogP contribution in [0.5, 0.6) is 0 Å². The molecule has 192 valence electrons. The fraction of sp³-hybridized carbons (Fsp3) is 0.591. The molecular weight excluding hydrogens is 482 g/mol. The molecule has 1 aromatic carbocycles. The molecule has 10 nitrogen and oxygen atoms in total. The van der Waals surface area contributed by atoms with Crippen molar-refractivity contribution in [2.45, 2.75) is 87.4 Å². The number of benzene rings is 1. The zero-order valence-electron chi connectivity index (χ0n) is 20.5. The van der Waals surface area contributed by atoms with Crippen LogP contribution in [0.25, 0.3) is 0 Å². The van der Waals surface area contributed by atoms with E-state index < -0.39 is 40.5 Å². The number of thioether (sulfide) groups is 1. The molecule has 0 unspecified atom stereocenters. The lowest BCUT2D eigenvalue weighted by Gasteiger charge is -2.57. The standard InChI is InChI=1S/C14H25N3O4S.C8H10O3S/c1-7(16-11(21)8(15)6-9(18)19)10(20)17-12-13(2,3)22-14(12,4)5;1-6-3-4-7(2)8(5-6)12(9,10)11/h7-8,12H,6,15H2,1-5H3,(H,16,21)(H,17,20)(H,18,19);3-5H,1-2H3,(H,9,10,11)/t7-,8+;/m1./s1. The second kappa shape index (κ2) is 11.1. The van der Waals surface area contributed by atoms with Crippen LogP contribution in [0, 0.1) is 13.8 Å². The summed E-state index contributed by atoms with van der Waals surface area (Å²) in [4.78, 5) is 34.5. The predicted molar refractivity (Wildman–Crippen MR) is 131 cm³/mol. The van der Waals surface area contributed by atoms with Crippen molar-refractivity contribution in [2.75, 3.05) is 0 Å². The molecule has 12 heteroatoms. The van der Waals surface area contributed by atoms with Gasteiger partial charge >= 0.3 is 5.97 Å². The Morgan fingerprint density at radius 3 is 2.06 bits per heavy atom. The highest BCUT2D eigenvalue weighted by atomic mass is 32.2. The van der Waals surface area contributed by atoms with E-state index in [1.54, 1.807) is 44.7 Å². The molecule has 2 atom stereocenters. The van der Waals surface area contributed by atoms with E-state index in [1.807, 2.05) is 0 Å². The van der Waals surface area contributed by atoms with E-state index in [0.29, 0.717) is 5.56 Å². The Morgan fingerprint density at radius 1 is 1.12 bits per heavy atom. The van der Waals surface area contributed by atoms with E-state index >= 15 is 0 Å². The van der Waals surface area contributed by atoms with E-state index in [-0.39, 0.29) is 26.3 Å². The monoisotopic (exact) mass is 517 g/mol. The van der Waals surface area contributed by atoms with Crippen LogP contribution in [0.15, 0.2) is 23.1 Å². The molecule has 1 heterocycles. The van der Waals surface area contributed by atoms with Crippen LogP contribution in [0.4, 0.5) is 0 Å². The van der Waals surface area contributed by atoms with Crippen LogP contribution >= 0.6 is 11.8 Å². The van der Waals surface area contributed by atoms with E-state index in [0.717, 1.165) is 5.56 Å². The zero-order valence-corrected chi connectivity index (χ0v) is 22.1.